The Kier molecular flexibility index (Phi) is 3.60. The van der Waals surface area contributed by atoms with Crippen molar-refractivity contribution in [3.63, 3.8) is 0 Å². The molecule has 0 saturated carbocycles. The topological polar surface area (TPSA) is 69.1 Å². The summed E-state index contributed by atoms with van der Waals surface area (Å²) in [5.74, 6) is -0.388. The minimum atomic E-state index is -0.711. The molecule has 1 fully saturated rings. The predicted molar refractivity (Wildman–Crippen MR) is 85.2 cm³/mol. The van der Waals surface area contributed by atoms with Crippen molar-refractivity contribution in [1.29, 1.82) is 5.41 Å². The van der Waals surface area contributed by atoms with Gasteiger partial charge in [-0.25, -0.2) is 4.39 Å². The van der Waals surface area contributed by atoms with Gasteiger partial charge < -0.3 is 5.32 Å². The molecule has 1 amide bonds. The first-order valence-electron chi connectivity index (χ1n) is 7.24. The molecule has 0 aliphatic carbocycles. The van der Waals surface area contributed by atoms with Gasteiger partial charge in [0, 0.05) is 25.0 Å². The number of halogens is 1. The highest BCUT2D eigenvalue weighted by molar-refractivity contribution is 5.98. The van der Waals surface area contributed by atoms with Gasteiger partial charge in [-0.05, 0) is 36.2 Å². The van der Waals surface area contributed by atoms with Gasteiger partial charge in [-0.3, -0.25) is 20.1 Å². The highest BCUT2D eigenvalue weighted by atomic mass is 19.1. The minimum Gasteiger partial charge on any atom is -0.346 e. The molecule has 3 rings (SSSR count). The normalized spacial score (nSPS) is 21.3. The third kappa shape index (κ3) is 2.79. The maximum Gasteiger partial charge on any atom is 0.231 e. The quantitative estimate of drug-likeness (QED) is 0.895. The Labute approximate surface area is 133 Å². The molecule has 0 unspecified atom stereocenters. The van der Waals surface area contributed by atoms with Crippen molar-refractivity contribution in [2.45, 2.75) is 18.9 Å². The Balaban J connectivity index is 1.99. The molecule has 118 valence electrons. The molecule has 1 aromatic heterocycles. The molecule has 1 aromatic carbocycles. The van der Waals surface area contributed by atoms with Crippen LogP contribution in [0.2, 0.25) is 0 Å². The van der Waals surface area contributed by atoms with E-state index in [1.54, 1.807) is 25.5 Å². The minimum absolute atomic E-state index is 0.0555. The summed E-state index contributed by atoms with van der Waals surface area (Å²) in [7, 11) is 1.57. The van der Waals surface area contributed by atoms with Crippen molar-refractivity contribution in [2.75, 3.05) is 7.05 Å². The molecule has 0 radical (unpaired) electrons. The van der Waals surface area contributed by atoms with Crippen LogP contribution in [0.1, 0.15) is 18.9 Å². The highest BCUT2D eigenvalue weighted by Crippen LogP contribution is 2.31. The van der Waals surface area contributed by atoms with Crippen LogP contribution in [-0.2, 0) is 10.3 Å². The van der Waals surface area contributed by atoms with E-state index in [4.69, 9.17) is 5.41 Å². The zero-order chi connectivity index (χ0) is 16.6. The number of aromatic nitrogens is 1. The summed E-state index contributed by atoms with van der Waals surface area (Å²) in [4.78, 5) is 17.6. The first kappa shape index (κ1) is 15.1. The number of hydrogen-bond donors (Lipinski definition) is 2. The Morgan fingerprint density at radius 3 is 2.78 bits per heavy atom. The Hall–Kier alpha value is -2.76. The van der Waals surface area contributed by atoms with Crippen molar-refractivity contribution in [3.05, 3.63) is 54.1 Å². The molecule has 0 bridgehead atoms. The molecule has 1 atom stereocenters. The molecule has 6 heteroatoms. The van der Waals surface area contributed by atoms with Crippen LogP contribution in [0.3, 0.4) is 0 Å². The van der Waals surface area contributed by atoms with Gasteiger partial charge in [-0.2, -0.15) is 0 Å². The Morgan fingerprint density at radius 2 is 2.09 bits per heavy atom. The first-order chi connectivity index (χ1) is 10.9. The fourth-order valence-corrected chi connectivity index (χ4v) is 2.68. The average Bonchev–Trinajstić information content (AvgIpc) is 2.53. The van der Waals surface area contributed by atoms with Crippen LogP contribution < -0.4 is 5.32 Å². The van der Waals surface area contributed by atoms with Crippen molar-refractivity contribution in [1.82, 2.24) is 15.2 Å². The second kappa shape index (κ2) is 5.46. The third-order valence-corrected chi connectivity index (χ3v) is 4.14. The average molecular weight is 312 g/mol. The van der Waals surface area contributed by atoms with Crippen LogP contribution >= 0.6 is 0 Å². The van der Waals surface area contributed by atoms with Crippen molar-refractivity contribution >= 4 is 11.9 Å². The molecule has 5 nitrogen and oxygen atoms in total. The van der Waals surface area contributed by atoms with Crippen LogP contribution in [0.4, 0.5) is 4.39 Å². The molecule has 2 heterocycles. The lowest BCUT2D eigenvalue weighted by Crippen LogP contribution is -2.58. The van der Waals surface area contributed by atoms with Crippen LogP contribution in [0, 0.1) is 11.2 Å². The van der Waals surface area contributed by atoms with E-state index in [-0.39, 0.29) is 24.1 Å². The zero-order valence-electron chi connectivity index (χ0n) is 12.9. The molecule has 0 spiro atoms. The SMILES string of the molecule is CN1C(=N)N[C@](C)(c2cncc(-c3cccc(F)c3)c2)CC1=O. The smallest absolute Gasteiger partial charge is 0.231 e. The summed E-state index contributed by atoms with van der Waals surface area (Å²) in [5.41, 5.74) is 1.56. The number of benzene rings is 1. The second-order valence-corrected chi connectivity index (χ2v) is 5.91. The van der Waals surface area contributed by atoms with E-state index in [0.29, 0.717) is 0 Å². The van der Waals surface area contributed by atoms with Crippen molar-refractivity contribution in [2.24, 2.45) is 0 Å². The highest BCUT2D eigenvalue weighted by Gasteiger charge is 2.38. The molecule has 2 aromatic rings. The molecule has 2 N–H and O–H groups in total. The summed E-state index contributed by atoms with van der Waals surface area (Å²) < 4.78 is 13.4. The van der Waals surface area contributed by atoms with Gasteiger partial charge >= 0.3 is 0 Å². The third-order valence-electron chi connectivity index (χ3n) is 4.14. The number of amides is 1. The number of carbonyl (C=O) groups is 1. The summed E-state index contributed by atoms with van der Waals surface area (Å²) in [6, 6.07) is 8.16. The number of nitrogens with one attached hydrogen (secondary N) is 2. The standard InChI is InChI=1S/C17H17FN4O/c1-17(8-15(23)22(2)16(19)21-17)13-6-12(9-20-10-13)11-4-3-5-14(18)7-11/h3-7,9-10H,8H2,1-2H3,(H2,19,21)/t17-/m0/s1. The fraction of sp³-hybridized carbons (Fsp3) is 0.235. The predicted octanol–water partition coefficient (Wildman–Crippen LogP) is 2.49. The zero-order valence-corrected chi connectivity index (χ0v) is 12.9. The Bertz CT molecular complexity index is 772. The van der Waals surface area contributed by atoms with Gasteiger partial charge in [0.15, 0.2) is 5.96 Å². The maximum atomic E-state index is 13.4. The van der Waals surface area contributed by atoms with E-state index in [0.717, 1.165) is 16.7 Å². The number of hydrogen-bond acceptors (Lipinski definition) is 3. The summed E-state index contributed by atoms with van der Waals surface area (Å²) >= 11 is 0. The van der Waals surface area contributed by atoms with E-state index < -0.39 is 5.54 Å². The lowest BCUT2D eigenvalue weighted by Gasteiger charge is -2.39. The van der Waals surface area contributed by atoms with E-state index >= 15 is 0 Å². The van der Waals surface area contributed by atoms with Gasteiger partial charge in [0.05, 0.1) is 12.0 Å². The lowest BCUT2D eigenvalue weighted by molar-refractivity contribution is -0.129. The van der Waals surface area contributed by atoms with Crippen molar-refractivity contribution in [3.8, 4) is 11.1 Å². The second-order valence-electron chi connectivity index (χ2n) is 5.91. The number of pyridine rings is 1. The molecule has 1 aliphatic heterocycles. The number of rotatable bonds is 2. The van der Waals surface area contributed by atoms with Crippen LogP contribution in [0.5, 0.6) is 0 Å². The number of carbonyl (C=O) groups excluding carboxylic acids is 1. The first-order valence-corrected chi connectivity index (χ1v) is 7.24. The van der Waals surface area contributed by atoms with Crippen LogP contribution in [0.25, 0.3) is 11.1 Å². The monoisotopic (exact) mass is 312 g/mol. The summed E-state index contributed by atoms with van der Waals surface area (Å²) in [5, 5.41) is 11.0. The van der Waals surface area contributed by atoms with E-state index in [9.17, 15) is 9.18 Å². The van der Waals surface area contributed by atoms with E-state index in [1.807, 2.05) is 19.1 Å². The van der Waals surface area contributed by atoms with Gasteiger partial charge in [0.2, 0.25) is 5.91 Å². The van der Waals surface area contributed by atoms with E-state index in [1.165, 1.54) is 17.0 Å². The van der Waals surface area contributed by atoms with Gasteiger partial charge in [0.1, 0.15) is 5.82 Å². The van der Waals surface area contributed by atoms with E-state index in [2.05, 4.69) is 10.3 Å². The summed E-state index contributed by atoms with van der Waals surface area (Å²) in [6.45, 7) is 1.86. The van der Waals surface area contributed by atoms with Crippen molar-refractivity contribution < 1.29 is 9.18 Å². The molecular formula is C17H17FN4O. The van der Waals surface area contributed by atoms with Gasteiger partial charge in [-0.15, -0.1) is 0 Å². The lowest BCUT2D eigenvalue weighted by atomic mass is 9.86. The molecule has 1 saturated heterocycles. The van der Waals surface area contributed by atoms with Gasteiger partial charge in [-0.1, -0.05) is 12.1 Å². The summed E-state index contributed by atoms with van der Waals surface area (Å²) in [6.07, 6.45) is 3.55. The number of nitrogens with zero attached hydrogens (tertiary/aromatic N) is 2. The largest absolute Gasteiger partial charge is 0.346 e. The fourth-order valence-electron chi connectivity index (χ4n) is 2.68. The Morgan fingerprint density at radius 1 is 1.30 bits per heavy atom. The van der Waals surface area contributed by atoms with Crippen LogP contribution in [0.15, 0.2) is 42.7 Å². The molecule has 1 aliphatic rings. The van der Waals surface area contributed by atoms with Gasteiger partial charge in [0.25, 0.3) is 0 Å². The van der Waals surface area contributed by atoms with Crippen LogP contribution in [-0.4, -0.2) is 28.8 Å². The molecule has 23 heavy (non-hydrogen) atoms. The molecular weight excluding hydrogens is 295 g/mol. The number of guanidine groups is 1. The maximum absolute atomic E-state index is 13.4.